The second-order valence-electron chi connectivity index (χ2n) is 22.2. The number of carbonyl (C=O) groups is 1. The zero-order chi connectivity index (χ0) is 56.1. The first kappa shape index (κ1) is 63.1. The quantitative estimate of drug-likeness (QED) is 0.118. The molecule has 0 radical (unpaired) electrons. The predicted octanol–water partition coefficient (Wildman–Crippen LogP) is 5.66. The molecule has 3 aliphatic heterocycles. The number of hydrogen-bond donors (Lipinski definition) is 4. The zero-order valence-electron chi connectivity index (χ0n) is 46.1. The predicted molar refractivity (Wildman–Crippen MR) is 269 cm³/mol. The molecular formula is C52H85F4N5O13S. The molecule has 0 bridgehead atoms. The van der Waals surface area contributed by atoms with Crippen molar-refractivity contribution >= 4 is 16.8 Å². The van der Waals surface area contributed by atoms with E-state index in [0.29, 0.717) is 43.6 Å². The third-order valence-electron chi connectivity index (χ3n) is 16.0. The number of benzene rings is 1. The molecule has 3 saturated heterocycles. The van der Waals surface area contributed by atoms with Crippen molar-refractivity contribution in [2.24, 2.45) is 17.8 Å². The van der Waals surface area contributed by atoms with E-state index in [1.54, 1.807) is 47.7 Å². The lowest BCUT2D eigenvalue weighted by atomic mass is 9.77. The molecule has 5 rings (SSSR count). The van der Waals surface area contributed by atoms with E-state index in [2.05, 4.69) is 15.2 Å². The molecule has 430 valence electrons. The summed E-state index contributed by atoms with van der Waals surface area (Å²) in [6, 6.07) is 3.10. The van der Waals surface area contributed by atoms with E-state index >= 15 is 0 Å². The van der Waals surface area contributed by atoms with E-state index < -0.39 is 130 Å². The van der Waals surface area contributed by atoms with Crippen LogP contribution < -0.4 is 0 Å². The van der Waals surface area contributed by atoms with E-state index in [4.69, 9.17) is 33.2 Å². The van der Waals surface area contributed by atoms with Crippen LogP contribution in [-0.2, 0) is 55.2 Å². The lowest BCUT2D eigenvalue weighted by molar-refractivity contribution is -0.308. The molecule has 20 atom stereocenters. The lowest BCUT2D eigenvalue weighted by Gasteiger charge is -2.48. The molecule has 0 aliphatic carbocycles. The van der Waals surface area contributed by atoms with Gasteiger partial charge in [0.1, 0.15) is 42.7 Å². The molecule has 4 N–H and O–H groups in total. The van der Waals surface area contributed by atoms with Gasteiger partial charge in [-0.05, 0) is 105 Å². The number of aromatic nitrogens is 3. The minimum atomic E-state index is -4.93. The molecule has 0 spiro atoms. The van der Waals surface area contributed by atoms with Crippen molar-refractivity contribution in [3.05, 3.63) is 41.7 Å². The molecule has 4 heterocycles. The van der Waals surface area contributed by atoms with Crippen LogP contribution in [0.4, 0.5) is 17.6 Å². The highest BCUT2D eigenvalue weighted by Crippen LogP contribution is 2.41. The van der Waals surface area contributed by atoms with Crippen LogP contribution in [-0.4, -0.2) is 193 Å². The molecule has 2 aromatic rings. The van der Waals surface area contributed by atoms with Crippen molar-refractivity contribution in [3.63, 3.8) is 0 Å². The third kappa shape index (κ3) is 15.1. The number of ether oxygens (including phenoxy) is 7. The van der Waals surface area contributed by atoms with Gasteiger partial charge in [0, 0.05) is 75.7 Å². The van der Waals surface area contributed by atoms with Gasteiger partial charge in [-0.15, -0.1) is 5.10 Å². The van der Waals surface area contributed by atoms with E-state index in [9.17, 15) is 47.0 Å². The van der Waals surface area contributed by atoms with E-state index in [1.807, 2.05) is 39.8 Å². The molecule has 0 amide bonds. The summed E-state index contributed by atoms with van der Waals surface area (Å²) in [5.41, 5.74) is -8.53. The minimum absolute atomic E-state index is 0.0929. The monoisotopic (exact) mass is 1100 g/mol. The first-order chi connectivity index (χ1) is 34.9. The Morgan fingerprint density at radius 2 is 1.61 bits per heavy atom. The third-order valence-corrected chi connectivity index (χ3v) is 17.2. The van der Waals surface area contributed by atoms with Crippen molar-refractivity contribution in [2.75, 3.05) is 48.1 Å². The maximum Gasteiger partial charge on any atom is 0.475 e. The SMILES string of the molecule is CC[C@H]1OC(=O)[C@H](C)[C@@H](O[C@H]2C[C@@](C)(OC)[C@@H](O)[C@H](C)O2)[C@H](C)[C@@H](O[C@H]2C[C@@H](N(C)CCc3cn([C@H](CF)[C@H](OC)c4ccc(S(=O)C(F)(F)F)cc4)nn3)C[C@@H](C)O2)[C@](C)(O)C[C@@H](C)CN(C)[C@H](C)[C@@H](O)[C@]1(C)O. The number of nitrogens with zero attached hydrogens (tertiary/aromatic N) is 5. The van der Waals surface area contributed by atoms with Crippen LogP contribution in [0.3, 0.4) is 0 Å². The van der Waals surface area contributed by atoms with Crippen molar-refractivity contribution in [1.82, 2.24) is 24.8 Å². The van der Waals surface area contributed by atoms with Gasteiger partial charge in [0.05, 0.1) is 47.2 Å². The van der Waals surface area contributed by atoms with Crippen molar-refractivity contribution in [3.8, 4) is 0 Å². The number of alkyl halides is 4. The largest absolute Gasteiger partial charge is 0.475 e. The number of carbonyl (C=O) groups excluding carboxylic acids is 1. The minimum Gasteiger partial charge on any atom is -0.459 e. The standard InChI is InChI=1S/C52H85F4N5O13S/c1-15-40-51(10,66)45(62)33(6)60(12)27-29(2)24-49(8,65)47(31(4)43(32(5)48(64)72-40)73-42-25-50(9,69-14)46(63)34(7)71-42)74-41-23-37(22-30(3)70-41)59(11)21-20-36-28-61(58-57-36)39(26-53)44(68-13)35-16-18-38(19-17-35)75(67)52(54,55)56/h16-19,28-34,37,39-47,62-63,65-66H,15,20-27H2,1-14H3/t29-,30-,31+,32-,33-,34+,37+,39-,40-,41+,42+,43+,44-,45-,46+,47-,49-,50-,51-,75?/m1/s1. The Kier molecular flexibility index (Phi) is 21.9. The Balaban J connectivity index is 1.40. The Morgan fingerprint density at radius 1 is 0.960 bits per heavy atom. The number of hydrogen-bond acceptors (Lipinski definition) is 17. The van der Waals surface area contributed by atoms with Crippen LogP contribution in [0, 0.1) is 17.8 Å². The fourth-order valence-corrected chi connectivity index (χ4v) is 12.1. The summed E-state index contributed by atoms with van der Waals surface area (Å²) in [5, 5.41) is 55.9. The zero-order valence-corrected chi connectivity index (χ0v) is 46.9. The van der Waals surface area contributed by atoms with E-state index in [-0.39, 0.29) is 37.3 Å². The highest BCUT2D eigenvalue weighted by molar-refractivity contribution is 7.86. The second-order valence-corrected chi connectivity index (χ2v) is 23.6. The van der Waals surface area contributed by atoms with Gasteiger partial charge in [-0.2, -0.15) is 13.2 Å². The molecule has 18 nitrogen and oxygen atoms in total. The van der Waals surface area contributed by atoms with Gasteiger partial charge in [-0.3, -0.25) is 4.79 Å². The Morgan fingerprint density at radius 3 is 2.20 bits per heavy atom. The maximum absolute atomic E-state index is 14.7. The Labute approximate surface area is 442 Å². The Bertz CT molecular complexity index is 2140. The van der Waals surface area contributed by atoms with Crippen molar-refractivity contribution < 1.29 is 80.1 Å². The van der Waals surface area contributed by atoms with E-state index in [1.165, 1.54) is 38.0 Å². The van der Waals surface area contributed by atoms with Gasteiger partial charge in [-0.25, -0.2) is 13.3 Å². The summed E-state index contributed by atoms with van der Waals surface area (Å²) in [6.45, 7) is 17.5. The van der Waals surface area contributed by atoms with Gasteiger partial charge >= 0.3 is 11.5 Å². The molecule has 1 unspecified atom stereocenters. The van der Waals surface area contributed by atoms with Gasteiger partial charge in [0.2, 0.25) is 0 Å². The number of cyclic esters (lactones) is 1. The smallest absolute Gasteiger partial charge is 0.459 e. The van der Waals surface area contributed by atoms with E-state index in [0.717, 1.165) is 12.1 Å². The number of aliphatic hydroxyl groups is 4. The average Bonchev–Trinajstić information content (AvgIpc) is 3.82. The fourth-order valence-electron chi connectivity index (χ4n) is 11.4. The number of halogens is 4. The summed E-state index contributed by atoms with van der Waals surface area (Å²) in [6.07, 6.45) is -5.85. The summed E-state index contributed by atoms with van der Waals surface area (Å²) in [5.74, 6) is -2.73. The average molecular weight is 1100 g/mol. The van der Waals surface area contributed by atoms with Gasteiger partial charge < -0.3 is 63.4 Å². The summed E-state index contributed by atoms with van der Waals surface area (Å²) < 4.78 is 111. The van der Waals surface area contributed by atoms with Crippen molar-refractivity contribution in [1.29, 1.82) is 0 Å². The van der Waals surface area contributed by atoms with Crippen LogP contribution >= 0.6 is 0 Å². The maximum atomic E-state index is 14.7. The van der Waals surface area contributed by atoms with Crippen LogP contribution in [0.1, 0.15) is 125 Å². The first-order valence-corrected chi connectivity index (χ1v) is 27.2. The van der Waals surface area contributed by atoms with Crippen LogP contribution in [0.15, 0.2) is 35.4 Å². The molecule has 3 fully saturated rings. The number of rotatable bonds is 16. The number of methoxy groups -OCH3 is 2. The van der Waals surface area contributed by atoms with Gasteiger partial charge in [0.15, 0.2) is 23.4 Å². The topological polar surface area (TPSA) is 217 Å². The molecule has 1 aromatic carbocycles. The Hall–Kier alpha value is -2.78. The summed E-state index contributed by atoms with van der Waals surface area (Å²) in [4.78, 5) is 18.1. The van der Waals surface area contributed by atoms with Crippen molar-refractivity contribution in [2.45, 2.75) is 215 Å². The second kappa shape index (κ2) is 26.0. The highest BCUT2D eigenvalue weighted by Gasteiger charge is 2.52. The van der Waals surface area contributed by atoms with Gasteiger partial charge in [-0.1, -0.05) is 38.1 Å². The molecular weight excluding hydrogens is 1010 g/mol. The first-order valence-electron chi connectivity index (χ1n) is 26.1. The van der Waals surface area contributed by atoms with Crippen LogP contribution in [0.25, 0.3) is 0 Å². The number of esters is 1. The van der Waals surface area contributed by atoms with Crippen LogP contribution in [0.5, 0.6) is 0 Å². The molecule has 1 aromatic heterocycles. The summed E-state index contributed by atoms with van der Waals surface area (Å²) >= 11 is 0. The van der Waals surface area contributed by atoms with Gasteiger partial charge in [0.25, 0.3) is 0 Å². The number of aliphatic hydroxyl groups excluding tert-OH is 2. The molecule has 23 heteroatoms. The highest BCUT2D eigenvalue weighted by atomic mass is 32.2. The van der Waals surface area contributed by atoms with Crippen LogP contribution in [0.2, 0.25) is 0 Å². The normalized spacial score (nSPS) is 38.6. The number of likely N-dealkylation sites (N-methyl/N-ethyl adjacent to an activating group) is 2. The lowest BCUT2D eigenvalue weighted by Crippen LogP contribution is -2.59. The molecule has 0 saturated carbocycles. The molecule has 3 aliphatic rings. The summed E-state index contributed by atoms with van der Waals surface area (Å²) in [7, 11) is 3.40. The fraction of sp³-hybridized carbons (Fsp3) is 0.827. The molecule has 75 heavy (non-hydrogen) atoms.